The van der Waals surface area contributed by atoms with E-state index in [1.807, 2.05) is 84.9 Å². The zero-order chi connectivity index (χ0) is 22.2. The van der Waals surface area contributed by atoms with Gasteiger partial charge in [0.1, 0.15) is 11.0 Å². The molecule has 2 heterocycles. The van der Waals surface area contributed by atoms with Gasteiger partial charge in [0.2, 0.25) is 11.8 Å². The molecular formula is C26H17N3O3S. The highest BCUT2D eigenvalue weighted by Gasteiger charge is 2.16. The van der Waals surface area contributed by atoms with Gasteiger partial charge in [0.25, 0.3) is 5.22 Å². The largest absolute Gasteiger partial charge is 0.436 e. The number of carbonyl (C=O) groups excluding carboxylic acids is 1. The summed E-state index contributed by atoms with van der Waals surface area (Å²) in [6.07, 6.45) is 0. The van der Waals surface area contributed by atoms with Crippen molar-refractivity contribution in [2.75, 3.05) is 11.1 Å². The molecule has 0 aliphatic carbocycles. The maximum absolute atomic E-state index is 12.7. The maximum Gasteiger partial charge on any atom is 0.257 e. The molecule has 0 spiro atoms. The van der Waals surface area contributed by atoms with Gasteiger partial charge in [-0.15, -0.1) is 0 Å². The Morgan fingerprint density at radius 1 is 0.818 bits per heavy atom. The molecule has 0 radical (unpaired) electrons. The monoisotopic (exact) mass is 451 g/mol. The third-order valence-corrected chi connectivity index (χ3v) is 6.14. The van der Waals surface area contributed by atoms with Gasteiger partial charge in [-0.05, 0) is 35.7 Å². The number of oxazole rings is 2. The molecule has 160 valence electrons. The Balaban J connectivity index is 1.25. The van der Waals surface area contributed by atoms with E-state index < -0.39 is 0 Å². The van der Waals surface area contributed by atoms with E-state index in [2.05, 4.69) is 10.3 Å². The molecule has 0 aliphatic heterocycles. The van der Waals surface area contributed by atoms with Crippen LogP contribution in [0.1, 0.15) is 0 Å². The fourth-order valence-electron chi connectivity index (χ4n) is 3.78. The first-order valence-corrected chi connectivity index (χ1v) is 11.4. The summed E-state index contributed by atoms with van der Waals surface area (Å²) in [6.45, 7) is 0. The molecule has 6 rings (SSSR count). The zero-order valence-electron chi connectivity index (χ0n) is 17.3. The van der Waals surface area contributed by atoms with Crippen LogP contribution in [0.25, 0.3) is 44.4 Å². The fraction of sp³-hybridized carbons (Fsp3) is 0.0385. The third kappa shape index (κ3) is 3.72. The molecule has 33 heavy (non-hydrogen) atoms. The Bertz CT molecular complexity index is 1600. The average molecular weight is 452 g/mol. The van der Waals surface area contributed by atoms with Crippen molar-refractivity contribution in [3.8, 4) is 11.5 Å². The first kappa shape index (κ1) is 19.6. The van der Waals surface area contributed by atoms with Crippen LogP contribution in [0.3, 0.4) is 0 Å². The van der Waals surface area contributed by atoms with Crippen LogP contribution in [0, 0.1) is 0 Å². The van der Waals surface area contributed by atoms with Crippen LogP contribution in [0.2, 0.25) is 0 Å². The molecule has 1 N–H and O–H groups in total. The van der Waals surface area contributed by atoms with E-state index in [1.54, 1.807) is 0 Å². The van der Waals surface area contributed by atoms with Crippen LogP contribution in [0.4, 0.5) is 5.69 Å². The van der Waals surface area contributed by atoms with E-state index in [1.165, 1.54) is 11.8 Å². The number of aromatic nitrogens is 2. The van der Waals surface area contributed by atoms with Gasteiger partial charge in [-0.1, -0.05) is 66.4 Å². The van der Waals surface area contributed by atoms with Crippen molar-refractivity contribution >= 4 is 56.3 Å². The number of nitrogens with one attached hydrogen (secondary N) is 1. The van der Waals surface area contributed by atoms with E-state index in [0.29, 0.717) is 28.0 Å². The van der Waals surface area contributed by atoms with Gasteiger partial charge in [0.05, 0.1) is 17.0 Å². The van der Waals surface area contributed by atoms with Gasteiger partial charge in [0.15, 0.2) is 11.2 Å². The summed E-state index contributed by atoms with van der Waals surface area (Å²) < 4.78 is 11.7. The number of benzene rings is 4. The van der Waals surface area contributed by atoms with E-state index in [4.69, 9.17) is 13.8 Å². The fourth-order valence-corrected chi connectivity index (χ4v) is 4.42. The number of nitrogens with zero attached hydrogens (tertiary/aromatic N) is 2. The number of rotatable bonds is 5. The van der Waals surface area contributed by atoms with Gasteiger partial charge >= 0.3 is 0 Å². The number of hydrogen-bond donors (Lipinski definition) is 1. The molecule has 2 aromatic heterocycles. The zero-order valence-corrected chi connectivity index (χ0v) is 18.1. The minimum absolute atomic E-state index is 0.166. The molecule has 7 heteroatoms. The lowest BCUT2D eigenvalue weighted by Crippen LogP contribution is -2.14. The van der Waals surface area contributed by atoms with Crippen LogP contribution in [-0.4, -0.2) is 21.6 Å². The summed E-state index contributed by atoms with van der Waals surface area (Å²) >= 11 is 1.25. The molecule has 4 aromatic carbocycles. The number of fused-ring (bicyclic) bond motifs is 4. The minimum Gasteiger partial charge on any atom is -0.436 e. The van der Waals surface area contributed by atoms with Crippen molar-refractivity contribution in [3.05, 3.63) is 84.9 Å². The second kappa shape index (κ2) is 8.11. The topological polar surface area (TPSA) is 81.2 Å². The maximum atomic E-state index is 12.7. The Morgan fingerprint density at radius 3 is 2.58 bits per heavy atom. The number of anilines is 1. The van der Waals surface area contributed by atoms with Crippen molar-refractivity contribution in [1.82, 2.24) is 9.97 Å². The number of amides is 1. The van der Waals surface area contributed by atoms with Crippen LogP contribution >= 0.6 is 11.8 Å². The van der Waals surface area contributed by atoms with E-state index in [0.717, 1.165) is 27.4 Å². The molecule has 1 amide bonds. The Hall–Kier alpha value is -4.10. The molecular weight excluding hydrogens is 434 g/mol. The van der Waals surface area contributed by atoms with Gasteiger partial charge < -0.3 is 14.2 Å². The molecule has 6 aromatic rings. The summed E-state index contributed by atoms with van der Waals surface area (Å²) in [6, 6.07) is 27.0. The SMILES string of the molecule is O=C(CSc1nc2ccccc2o1)Nc1ccccc1-c1nc2c(ccc3ccccc32)o1. The molecule has 0 fully saturated rings. The second-order valence-corrected chi connectivity index (χ2v) is 8.41. The quantitative estimate of drug-likeness (QED) is 0.301. The van der Waals surface area contributed by atoms with Gasteiger partial charge in [-0.3, -0.25) is 4.79 Å². The van der Waals surface area contributed by atoms with Crippen molar-refractivity contribution in [1.29, 1.82) is 0 Å². The number of para-hydroxylation sites is 3. The third-order valence-electron chi connectivity index (χ3n) is 5.32. The number of thioether (sulfide) groups is 1. The summed E-state index contributed by atoms with van der Waals surface area (Å²) in [7, 11) is 0. The van der Waals surface area contributed by atoms with Crippen LogP contribution in [0.15, 0.2) is 99.0 Å². The Morgan fingerprint density at radius 2 is 1.64 bits per heavy atom. The van der Waals surface area contributed by atoms with Gasteiger partial charge in [-0.2, -0.15) is 0 Å². The minimum atomic E-state index is -0.170. The molecule has 0 aliphatic rings. The van der Waals surface area contributed by atoms with Crippen molar-refractivity contribution < 1.29 is 13.6 Å². The van der Waals surface area contributed by atoms with Crippen molar-refractivity contribution in [2.24, 2.45) is 0 Å². The summed E-state index contributed by atoms with van der Waals surface area (Å²) in [4.78, 5) is 21.8. The van der Waals surface area contributed by atoms with Gasteiger partial charge in [0, 0.05) is 5.39 Å². The smallest absolute Gasteiger partial charge is 0.257 e. The van der Waals surface area contributed by atoms with E-state index in [9.17, 15) is 4.79 Å². The Labute approximate surface area is 192 Å². The molecule has 0 saturated carbocycles. The molecule has 0 unspecified atom stereocenters. The van der Waals surface area contributed by atoms with Gasteiger partial charge in [-0.25, -0.2) is 9.97 Å². The van der Waals surface area contributed by atoms with E-state index >= 15 is 0 Å². The highest BCUT2D eigenvalue weighted by molar-refractivity contribution is 7.99. The first-order chi connectivity index (χ1) is 16.2. The Kier molecular flexibility index (Phi) is 4.81. The van der Waals surface area contributed by atoms with Crippen molar-refractivity contribution in [3.63, 3.8) is 0 Å². The average Bonchev–Trinajstić information content (AvgIpc) is 3.47. The molecule has 6 nitrogen and oxygen atoms in total. The highest BCUT2D eigenvalue weighted by atomic mass is 32.2. The number of hydrogen-bond acceptors (Lipinski definition) is 6. The molecule has 0 saturated heterocycles. The van der Waals surface area contributed by atoms with Crippen LogP contribution in [-0.2, 0) is 4.79 Å². The highest BCUT2D eigenvalue weighted by Crippen LogP contribution is 2.33. The standard InChI is InChI=1S/C26H17N3O3S/c30-23(15-33-26-28-20-11-5-6-12-21(20)32-26)27-19-10-4-3-9-18(19)25-29-24-17-8-2-1-7-16(17)13-14-22(24)31-25/h1-14H,15H2,(H,27,30). The predicted octanol–water partition coefficient (Wildman–Crippen LogP) is 6.52. The van der Waals surface area contributed by atoms with Crippen LogP contribution in [0.5, 0.6) is 0 Å². The molecule has 0 bridgehead atoms. The lowest BCUT2D eigenvalue weighted by molar-refractivity contribution is -0.113. The summed E-state index contributed by atoms with van der Waals surface area (Å²) in [5.41, 5.74) is 4.34. The number of carbonyl (C=O) groups is 1. The summed E-state index contributed by atoms with van der Waals surface area (Å²) in [5.74, 6) is 0.458. The van der Waals surface area contributed by atoms with Crippen molar-refractivity contribution in [2.45, 2.75) is 5.22 Å². The van der Waals surface area contributed by atoms with E-state index in [-0.39, 0.29) is 11.7 Å². The predicted molar refractivity (Wildman–Crippen MR) is 130 cm³/mol. The first-order valence-electron chi connectivity index (χ1n) is 10.4. The van der Waals surface area contributed by atoms with Crippen LogP contribution < -0.4 is 5.32 Å². The molecule has 0 atom stereocenters. The lowest BCUT2D eigenvalue weighted by atomic mass is 10.1. The summed E-state index contributed by atoms with van der Waals surface area (Å²) in [5, 5.41) is 5.56. The second-order valence-electron chi connectivity index (χ2n) is 7.48. The normalized spacial score (nSPS) is 11.4. The lowest BCUT2D eigenvalue weighted by Gasteiger charge is -2.08.